The molecule has 6 unspecified atom stereocenters. The molecule has 6 rings (SSSR count). The van der Waals surface area contributed by atoms with E-state index in [-0.39, 0.29) is 95.7 Å². The summed E-state index contributed by atoms with van der Waals surface area (Å²) < 4.78 is 64.5. The lowest BCUT2D eigenvalue weighted by Crippen LogP contribution is -2.60. The van der Waals surface area contributed by atoms with Crippen molar-refractivity contribution in [3.05, 3.63) is 84.9 Å². The van der Waals surface area contributed by atoms with E-state index in [1.54, 1.807) is 0 Å². The summed E-state index contributed by atoms with van der Waals surface area (Å²) in [7, 11) is 6.08. The molecule has 0 saturated carbocycles. The average molecular weight is 1840 g/mol. The number of allylic oxidation sites excluding steroid dienone is 1. The van der Waals surface area contributed by atoms with Gasteiger partial charge in [-0.05, 0) is 142 Å². The lowest BCUT2D eigenvalue weighted by molar-refractivity contribution is -0.151. The summed E-state index contributed by atoms with van der Waals surface area (Å²) in [5.74, 6) is -8.00. The van der Waals surface area contributed by atoms with Crippen LogP contribution in [-0.2, 0) is 129 Å². The molecule has 49 nitrogen and oxygen atoms in total. The number of aliphatic imine (C=N–C) groups is 4. The Bertz CT molecular complexity index is 4060. The maximum absolute atomic E-state index is 12.9. The molecule has 12 N–H and O–H groups in total. The molecule has 130 heavy (non-hydrogen) atoms. The number of hydrogen-bond acceptors (Lipinski definition) is 41. The van der Waals surface area contributed by atoms with Crippen molar-refractivity contribution in [1.82, 2.24) is 41.7 Å². The highest BCUT2D eigenvalue weighted by molar-refractivity contribution is 6.29. The Kier molecular flexibility index (Phi) is 49.6. The average Bonchev–Trinajstić information content (AvgIpc) is 1.57. The number of imide groups is 2. The SMILES string of the molecule is C=NC1(CC(C)(CC2(N=C)C(=O)C=CC2=O)OC=N)C(=O)C=CC1=O.C=NC1(CC(CCC/C(=C/OC=N)NC(=O)OC)(CC2(N=C)C(=O)C=CC2=O)NC(=O)OC)C(=O)C=CC1=O.CCOCC(COCC(COCC(COCO)OCO)OCO)OCO.CN1C(=O)C=CC1=O.COC(=O)NCCCCC(NC(=O)OC)C(=O)NC(C)NC(=O)C(C)N1C(=O)C=CC1=O. The van der Waals surface area contributed by atoms with E-state index in [4.69, 9.17) is 78.6 Å². The minimum atomic E-state index is -2.05. The molecule has 0 fully saturated rings. The molecule has 10 amide bonds. The maximum atomic E-state index is 12.9. The van der Waals surface area contributed by atoms with Gasteiger partial charge in [-0.1, -0.05) is 0 Å². The summed E-state index contributed by atoms with van der Waals surface area (Å²) in [6, 6.07) is -2.03. The first-order valence-electron chi connectivity index (χ1n) is 39.3. The van der Waals surface area contributed by atoms with Crippen LogP contribution in [0.25, 0.3) is 0 Å². The van der Waals surface area contributed by atoms with Gasteiger partial charge >= 0.3 is 24.4 Å². The van der Waals surface area contributed by atoms with E-state index in [0.29, 0.717) is 38.8 Å². The number of amides is 10. The number of carbonyl (C=O) groups excluding carboxylic acids is 18. The van der Waals surface area contributed by atoms with Gasteiger partial charge in [-0.25, -0.2) is 19.2 Å². The number of ketones is 8. The molecule has 0 radical (unpaired) electrons. The maximum Gasteiger partial charge on any atom is 0.411 e. The van der Waals surface area contributed by atoms with Crippen molar-refractivity contribution in [3.8, 4) is 0 Å². The number of likely N-dealkylation sites (N-methyl/N-ethyl adjacent to an activating group) is 1. The topological polar surface area (TPSA) is 684 Å². The molecule has 716 valence electrons. The standard InChI is InChI=1S/C25H29N5O9.C19H29N5O8.C17H17N3O5.C15H32O11.C5H5NO2/c1-27-24(17(31)7-8-18(24)32)13-23(30-22(36)38-4,14-25(28-2)19(33)9-10-20(25)34)11-5-6-16(12-39-15-26)29-21(35)37-3;1-11(24-14(25)8-9-15(24)26)16(27)21-12(2)22-17(28)13(23-19(30)32-4)7-5-6-10-20-18(29)31-3;1-15(25-10-18,8-16(19-2)11(21)4-5-12(16)22)9-17(20-3)13(23)6-7-14(17)24;1-2-20-3-13(24-10-17)4-21-5-14(25-11-18)6-22-7-15(26-12-19)8-23-9-16;1-6-4(7)2-3-5(6)8/h7-10,12,15,26H,1-2,5-6,11,13-14H2,3-4H3,(H,29,35)(H,30,36);8-9,11-13H,5-7,10H2,1-4H3,(H,20,29)(H,21,27)(H,22,28)(H,23,30);4-7,10,18H,2-3,8-9H2,1H3;13-19H,2-12H2,1H3;2-3H,1H3/b16-12-,26-15?;;;;. The molecular weight excluding hydrogens is 1730 g/mol. The number of nitrogens with one attached hydrogen (secondary N) is 8. The predicted octanol–water partition coefficient (Wildman–Crippen LogP) is -1.71. The summed E-state index contributed by atoms with van der Waals surface area (Å²) in [4.78, 5) is 233. The first kappa shape index (κ1) is 113. The number of methoxy groups -OCH3 is 4. The second-order valence-corrected chi connectivity index (χ2v) is 28.4. The molecule has 2 aliphatic heterocycles. The Morgan fingerprint density at radius 3 is 1.22 bits per heavy atom. The number of carbonyl (C=O) groups is 18. The number of rotatable bonds is 53. The van der Waals surface area contributed by atoms with Crippen LogP contribution in [0.1, 0.15) is 91.9 Å². The third-order valence-corrected chi connectivity index (χ3v) is 19.6. The van der Waals surface area contributed by atoms with Crippen LogP contribution in [0.4, 0.5) is 19.2 Å². The fourth-order valence-electron chi connectivity index (χ4n) is 12.9. The largest absolute Gasteiger partial charge is 0.477 e. The molecule has 0 saturated heterocycles. The number of aliphatic hydroxyl groups is 4. The fourth-order valence-corrected chi connectivity index (χ4v) is 12.9. The summed E-state index contributed by atoms with van der Waals surface area (Å²) in [6.07, 6.45) is 9.61. The van der Waals surface area contributed by atoms with Gasteiger partial charge < -0.3 is 109 Å². The van der Waals surface area contributed by atoms with Crippen LogP contribution in [0.3, 0.4) is 0 Å². The quantitative estimate of drug-likeness (QED) is 0.00471. The molecule has 0 aromatic rings. The zero-order valence-corrected chi connectivity index (χ0v) is 73.1. The Labute approximate surface area is 745 Å². The van der Waals surface area contributed by atoms with Crippen molar-refractivity contribution in [2.24, 2.45) is 20.0 Å². The summed E-state index contributed by atoms with van der Waals surface area (Å²) in [5.41, 5.74) is -10.7. The first-order valence-corrected chi connectivity index (χ1v) is 39.3. The number of alkyl carbamates (subject to hydrolysis) is 4. The number of ether oxygens (including phenoxy) is 13. The second kappa shape index (κ2) is 57.1. The number of nitrogens with zero attached hydrogens (tertiary/aromatic N) is 6. The monoisotopic (exact) mass is 1840 g/mol. The first-order chi connectivity index (χ1) is 61.7. The summed E-state index contributed by atoms with van der Waals surface area (Å²) in [5, 5.41) is 64.4. The van der Waals surface area contributed by atoms with Gasteiger partial charge in [-0.15, -0.1) is 0 Å². The number of unbranched alkanes of at least 4 members (excludes halogenated alkanes) is 1. The van der Waals surface area contributed by atoms with Crippen LogP contribution in [0.15, 0.2) is 105 Å². The van der Waals surface area contributed by atoms with Crippen molar-refractivity contribution in [1.29, 1.82) is 10.8 Å². The van der Waals surface area contributed by atoms with Crippen molar-refractivity contribution in [2.45, 2.75) is 162 Å². The summed E-state index contributed by atoms with van der Waals surface area (Å²) >= 11 is 0. The molecule has 6 atom stereocenters. The van der Waals surface area contributed by atoms with Gasteiger partial charge in [0, 0.05) is 75.7 Å². The third-order valence-electron chi connectivity index (χ3n) is 19.6. The molecular formula is C81H112N14O35. The van der Waals surface area contributed by atoms with Gasteiger partial charge in [-0.2, -0.15) is 0 Å². The minimum Gasteiger partial charge on any atom is -0.477 e. The fraction of sp³-hybridized carbons (Fsp3) is 0.531. The number of aliphatic hydroxyl groups excluding tert-OH is 4. The van der Waals surface area contributed by atoms with E-state index in [2.05, 4.69) is 93.0 Å². The van der Waals surface area contributed by atoms with Crippen molar-refractivity contribution < 1.29 is 168 Å². The van der Waals surface area contributed by atoms with Crippen molar-refractivity contribution in [3.63, 3.8) is 0 Å². The van der Waals surface area contributed by atoms with E-state index in [9.17, 15) is 86.3 Å². The highest BCUT2D eigenvalue weighted by atomic mass is 16.7. The van der Waals surface area contributed by atoms with Crippen molar-refractivity contribution >= 4 is 146 Å². The Morgan fingerprint density at radius 2 is 0.869 bits per heavy atom. The molecule has 0 spiro atoms. The van der Waals surface area contributed by atoms with Crippen molar-refractivity contribution in [2.75, 3.05) is 115 Å². The Morgan fingerprint density at radius 1 is 0.485 bits per heavy atom. The smallest absolute Gasteiger partial charge is 0.411 e. The molecule has 4 aliphatic carbocycles. The highest BCUT2D eigenvalue weighted by Gasteiger charge is 2.59. The molecule has 6 aliphatic rings. The Hall–Kier alpha value is -13.0. The normalized spacial score (nSPS) is 17.2. The molecule has 0 bridgehead atoms. The van der Waals surface area contributed by atoms with E-state index >= 15 is 0 Å². The van der Waals surface area contributed by atoms with E-state index in [1.165, 1.54) is 47.1 Å². The molecule has 0 aromatic heterocycles. The molecule has 49 heteroatoms. The molecule has 0 aromatic carbocycles. The van der Waals surface area contributed by atoms with Crippen LogP contribution in [0.2, 0.25) is 0 Å². The zero-order chi connectivity index (χ0) is 98.0. The van der Waals surface area contributed by atoms with E-state index in [0.717, 1.165) is 98.2 Å². The second-order valence-electron chi connectivity index (χ2n) is 28.4. The number of hydrogen-bond donors (Lipinski definition) is 12. The van der Waals surface area contributed by atoms with Gasteiger partial charge in [0.05, 0.1) is 79.9 Å². The lowest BCUT2D eigenvalue weighted by atomic mass is 9.69. The van der Waals surface area contributed by atoms with Gasteiger partial charge in [-0.3, -0.25) is 113 Å². The van der Waals surface area contributed by atoms with E-state index in [1.807, 2.05) is 6.92 Å². The van der Waals surface area contributed by atoms with Gasteiger partial charge in [0.2, 0.25) is 11.8 Å². The van der Waals surface area contributed by atoms with Crippen LogP contribution >= 0.6 is 0 Å². The van der Waals surface area contributed by atoms with Gasteiger partial charge in [0.1, 0.15) is 69.4 Å². The Balaban J connectivity index is 0.000000576. The van der Waals surface area contributed by atoms with Gasteiger partial charge in [0.25, 0.3) is 23.6 Å². The van der Waals surface area contributed by atoms with Crippen LogP contribution in [-0.4, -0.2) is 361 Å². The van der Waals surface area contributed by atoms with Crippen LogP contribution in [0.5, 0.6) is 0 Å². The third kappa shape index (κ3) is 33.9. The van der Waals surface area contributed by atoms with E-state index < -0.39 is 204 Å². The van der Waals surface area contributed by atoms with Crippen LogP contribution in [0, 0.1) is 10.8 Å². The molecule has 2 heterocycles. The summed E-state index contributed by atoms with van der Waals surface area (Å²) in [6.45, 7) is 19.4. The highest BCUT2D eigenvalue weighted by Crippen LogP contribution is 2.43. The van der Waals surface area contributed by atoms with Crippen LogP contribution < -0.4 is 31.9 Å². The van der Waals surface area contributed by atoms with Gasteiger partial charge in [0.15, 0.2) is 81.2 Å². The predicted molar refractivity (Wildman–Crippen MR) is 452 cm³/mol. The lowest BCUT2D eigenvalue weighted by Gasteiger charge is -2.42. The zero-order valence-electron chi connectivity index (χ0n) is 73.1. The minimum absolute atomic E-state index is 0.0523.